The number of methoxy groups -OCH3 is 3. The molecule has 6 nitrogen and oxygen atoms in total. The van der Waals surface area contributed by atoms with Crippen LogP contribution in [0.25, 0.3) is 0 Å². The highest BCUT2D eigenvalue weighted by Crippen LogP contribution is 2.43. The van der Waals surface area contributed by atoms with E-state index in [0.29, 0.717) is 29.4 Å². The Morgan fingerprint density at radius 3 is 2.29 bits per heavy atom. The van der Waals surface area contributed by atoms with Crippen molar-refractivity contribution in [3.63, 3.8) is 0 Å². The number of carbonyl (C=O) groups excluding carboxylic acids is 1. The van der Waals surface area contributed by atoms with Gasteiger partial charge in [0.25, 0.3) is 5.91 Å². The van der Waals surface area contributed by atoms with Crippen LogP contribution < -0.4 is 19.5 Å². The molecule has 1 aromatic rings. The van der Waals surface area contributed by atoms with E-state index < -0.39 is 6.10 Å². The van der Waals surface area contributed by atoms with E-state index in [2.05, 4.69) is 11.9 Å². The van der Waals surface area contributed by atoms with Gasteiger partial charge in [-0.3, -0.25) is 4.79 Å². The van der Waals surface area contributed by atoms with Crippen molar-refractivity contribution in [1.29, 1.82) is 0 Å². The zero-order valence-corrected chi connectivity index (χ0v) is 16.9. The largest absolute Gasteiger partial charge is 0.493 e. The quantitative estimate of drug-likeness (QED) is 0.772. The maximum atomic E-state index is 13.1. The molecule has 1 unspecified atom stereocenters. The molecule has 0 saturated heterocycles. The highest BCUT2D eigenvalue weighted by Gasteiger charge is 2.34. The molecule has 3 rings (SSSR count). The second-order valence-corrected chi connectivity index (χ2v) is 7.10. The SMILES string of the molecule is C=CC1=C(C(=O)NC2CCCCC2)C(c2cc(OC)c(OC)c(OC)c2)OC1. The summed E-state index contributed by atoms with van der Waals surface area (Å²) in [6.07, 6.45) is 6.80. The molecular formula is C22H29NO5. The fraction of sp³-hybridized carbons (Fsp3) is 0.500. The Bertz CT molecular complexity index is 739. The van der Waals surface area contributed by atoms with E-state index in [4.69, 9.17) is 18.9 Å². The first-order valence-corrected chi connectivity index (χ1v) is 9.70. The van der Waals surface area contributed by atoms with Crippen molar-refractivity contribution >= 4 is 5.91 Å². The van der Waals surface area contributed by atoms with E-state index in [1.807, 2.05) is 12.1 Å². The van der Waals surface area contributed by atoms with Crippen molar-refractivity contribution in [3.05, 3.63) is 41.5 Å². The number of nitrogens with one attached hydrogen (secondary N) is 1. The van der Waals surface area contributed by atoms with Crippen LogP contribution in [0.3, 0.4) is 0 Å². The summed E-state index contributed by atoms with van der Waals surface area (Å²) in [6, 6.07) is 3.87. The Labute approximate surface area is 166 Å². The Kier molecular flexibility index (Phi) is 6.62. The monoisotopic (exact) mass is 387 g/mol. The van der Waals surface area contributed by atoms with Crippen molar-refractivity contribution in [2.45, 2.75) is 44.2 Å². The summed E-state index contributed by atoms with van der Waals surface area (Å²) in [5.74, 6) is 1.48. The van der Waals surface area contributed by atoms with Gasteiger partial charge in [-0.1, -0.05) is 31.9 Å². The summed E-state index contributed by atoms with van der Waals surface area (Å²) < 4.78 is 22.3. The standard InChI is InChI=1S/C22H29NO5/c1-5-14-13-28-20(19(14)22(24)23-16-9-7-6-8-10-16)15-11-17(25-2)21(27-4)18(12-15)26-3/h5,11-12,16,20H,1,6-10,13H2,2-4H3,(H,23,24). The molecule has 2 aliphatic rings. The average molecular weight is 387 g/mol. The molecule has 0 bridgehead atoms. The van der Waals surface area contributed by atoms with Gasteiger partial charge in [0.1, 0.15) is 6.10 Å². The molecular weight excluding hydrogens is 358 g/mol. The number of amides is 1. The van der Waals surface area contributed by atoms with E-state index in [0.717, 1.165) is 36.8 Å². The summed E-state index contributed by atoms with van der Waals surface area (Å²) in [7, 11) is 4.70. The number of carbonyl (C=O) groups is 1. The molecule has 1 amide bonds. The molecule has 1 aliphatic carbocycles. The maximum Gasteiger partial charge on any atom is 0.250 e. The Balaban J connectivity index is 1.93. The fourth-order valence-corrected chi connectivity index (χ4v) is 3.96. The van der Waals surface area contributed by atoms with E-state index in [9.17, 15) is 4.79 Å². The number of rotatable bonds is 7. The number of benzene rings is 1. The predicted octanol–water partition coefficient (Wildman–Crippen LogP) is 3.72. The van der Waals surface area contributed by atoms with E-state index in [1.54, 1.807) is 27.4 Å². The van der Waals surface area contributed by atoms with Gasteiger partial charge in [0.05, 0.1) is 33.5 Å². The average Bonchev–Trinajstić information content (AvgIpc) is 3.17. The Morgan fingerprint density at radius 1 is 1.11 bits per heavy atom. The van der Waals surface area contributed by atoms with Crippen LogP contribution in [0.1, 0.15) is 43.8 Å². The van der Waals surface area contributed by atoms with E-state index >= 15 is 0 Å². The van der Waals surface area contributed by atoms with Crippen molar-refractivity contribution in [1.82, 2.24) is 5.32 Å². The molecule has 1 aromatic carbocycles. The van der Waals surface area contributed by atoms with Gasteiger partial charge in [-0.15, -0.1) is 0 Å². The molecule has 152 valence electrons. The minimum absolute atomic E-state index is 0.0851. The lowest BCUT2D eigenvalue weighted by Gasteiger charge is -2.24. The van der Waals surface area contributed by atoms with Gasteiger partial charge in [0, 0.05) is 6.04 Å². The molecule has 1 saturated carbocycles. The van der Waals surface area contributed by atoms with Crippen LogP contribution in [0, 0.1) is 0 Å². The summed E-state index contributed by atoms with van der Waals surface area (Å²) in [4.78, 5) is 13.1. The molecule has 1 atom stereocenters. The highest BCUT2D eigenvalue weighted by molar-refractivity contribution is 5.96. The van der Waals surface area contributed by atoms with Gasteiger partial charge < -0.3 is 24.3 Å². The number of ether oxygens (including phenoxy) is 4. The lowest BCUT2D eigenvalue weighted by Crippen LogP contribution is -2.38. The van der Waals surface area contributed by atoms with Gasteiger partial charge in [0.15, 0.2) is 11.5 Å². The molecule has 1 aliphatic heterocycles. The zero-order valence-electron chi connectivity index (χ0n) is 16.9. The third-order valence-corrected chi connectivity index (χ3v) is 5.43. The predicted molar refractivity (Wildman–Crippen MR) is 107 cm³/mol. The first-order chi connectivity index (χ1) is 13.6. The Morgan fingerprint density at radius 2 is 1.75 bits per heavy atom. The summed E-state index contributed by atoms with van der Waals surface area (Å²) in [6.45, 7) is 4.20. The second kappa shape index (κ2) is 9.15. The summed E-state index contributed by atoms with van der Waals surface area (Å²) in [5, 5.41) is 3.19. The van der Waals surface area contributed by atoms with Crippen LogP contribution in [-0.2, 0) is 9.53 Å². The number of hydrogen-bond acceptors (Lipinski definition) is 5. The first kappa shape index (κ1) is 20.3. The Hall–Kier alpha value is -2.47. The third-order valence-electron chi connectivity index (χ3n) is 5.43. The van der Waals surface area contributed by atoms with Crippen LogP contribution in [0.2, 0.25) is 0 Å². The summed E-state index contributed by atoms with van der Waals surface area (Å²) in [5.41, 5.74) is 2.20. The van der Waals surface area contributed by atoms with Crippen LogP contribution in [-0.4, -0.2) is 39.9 Å². The highest BCUT2D eigenvalue weighted by atomic mass is 16.5. The third kappa shape index (κ3) is 4.02. The topological polar surface area (TPSA) is 66.0 Å². The van der Waals surface area contributed by atoms with Gasteiger partial charge >= 0.3 is 0 Å². The van der Waals surface area contributed by atoms with E-state index in [-0.39, 0.29) is 11.9 Å². The van der Waals surface area contributed by atoms with Crippen LogP contribution in [0.5, 0.6) is 17.2 Å². The molecule has 6 heteroatoms. The molecule has 0 radical (unpaired) electrons. The zero-order chi connectivity index (χ0) is 20.1. The van der Waals surface area contributed by atoms with Crippen molar-refractivity contribution in [2.75, 3.05) is 27.9 Å². The van der Waals surface area contributed by atoms with Crippen LogP contribution in [0.15, 0.2) is 35.9 Å². The molecule has 28 heavy (non-hydrogen) atoms. The minimum Gasteiger partial charge on any atom is -0.493 e. The lowest BCUT2D eigenvalue weighted by molar-refractivity contribution is -0.119. The van der Waals surface area contributed by atoms with Gasteiger partial charge in [-0.05, 0) is 36.1 Å². The van der Waals surface area contributed by atoms with Gasteiger partial charge in [-0.2, -0.15) is 0 Å². The van der Waals surface area contributed by atoms with Gasteiger partial charge in [0.2, 0.25) is 5.75 Å². The first-order valence-electron chi connectivity index (χ1n) is 9.70. The normalized spacial score (nSPS) is 20.0. The molecule has 1 fully saturated rings. The smallest absolute Gasteiger partial charge is 0.250 e. The summed E-state index contributed by atoms with van der Waals surface area (Å²) >= 11 is 0. The van der Waals surface area contributed by atoms with Crippen LogP contribution in [0.4, 0.5) is 0 Å². The van der Waals surface area contributed by atoms with Crippen molar-refractivity contribution in [3.8, 4) is 17.2 Å². The minimum atomic E-state index is -0.509. The van der Waals surface area contributed by atoms with Gasteiger partial charge in [-0.25, -0.2) is 0 Å². The molecule has 1 N–H and O–H groups in total. The maximum absolute atomic E-state index is 13.1. The van der Waals surface area contributed by atoms with E-state index in [1.165, 1.54) is 6.42 Å². The van der Waals surface area contributed by atoms with Crippen LogP contribution >= 0.6 is 0 Å². The molecule has 0 aromatic heterocycles. The molecule has 1 heterocycles. The fourth-order valence-electron chi connectivity index (χ4n) is 3.96. The number of hydrogen-bond donors (Lipinski definition) is 1. The van der Waals surface area contributed by atoms with Crippen molar-refractivity contribution < 1.29 is 23.7 Å². The second-order valence-electron chi connectivity index (χ2n) is 7.10. The molecule has 0 spiro atoms. The van der Waals surface area contributed by atoms with Crippen molar-refractivity contribution in [2.24, 2.45) is 0 Å². The lowest BCUT2D eigenvalue weighted by atomic mass is 9.93.